The molecule has 0 saturated carbocycles. The van der Waals surface area contributed by atoms with E-state index in [1.54, 1.807) is 20.8 Å². The molecule has 2 N–H and O–H groups in total. The molecule has 7 heteroatoms. The number of hydrogen-bond donors (Lipinski definition) is 2. The van der Waals surface area contributed by atoms with Crippen molar-refractivity contribution in [3.8, 4) is 0 Å². The zero-order valence-electron chi connectivity index (χ0n) is 14.6. The van der Waals surface area contributed by atoms with Crippen molar-refractivity contribution in [2.75, 3.05) is 5.32 Å². The van der Waals surface area contributed by atoms with Crippen LogP contribution in [0.3, 0.4) is 0 Å². The molecule has 0 aliphatic heterocycles. The number of hydrogen-bond acceptors (Lipinski definition) is 2. The van der Waals surface area contributed by atoms with E-state index >= 15 is 0 Å². The molecule has 2 rings (SSSR count). The third-order valence-electron chi connectivity index (χ3n) is 3.87. The number of aryl methyl sites for hydroxylation is 1. The third-order valence-corrected chi connectivity index (χ3v) is 3.87. The molecule has 0 aromatic heterocycles. The van der Waals surface area contributed by atoms with Gasteiger partial charge in [0.2, 0.25) is 5.91 Å². The van der Waals surface area contributed by atoms with Crippen LogP contribution in [0.25, 0.3) is 0 Å². The van der Waals surface area contributed by atoms with E-state index in [-0.39, 0.29) is 5.92 Å². The lowest BCUT2D eigenvalue weighted by Gasteiger charge is -2.22. The predicted molar refractivity (Wildman–Crippen MR) is 92.2 cm³/mol. The molecule has 26 heavy (non-hydrogen) atoms. The summed E-state index contributed by atoms with van der Waals surface area (Å²) < 4.78 is 40.7. The molecular formula is C19H19F3N2O2. The van der Waals surface area contributed by atoms with Crippen molar-refractivity contribution in [3.63, 3.8) is 0 Å². The van der Waals surface area contributed by atoms with E-state index in [2.05, 4.69) is 10.6 Å². The Labute approximate surface area is 149 Å². The highest BCUT2D eigenvalue weighted by molar-refractivity contribution is 6.01. The summed E-state index contributed by atoms with van der Waals surface area (Å²) in [4.78, 5) is 24.8. The molecule has 2 aromatic rings. The number of nitrogens with one attached hydrogen (secondary N) is 2. The highest BCUT2D eigenvalue weighted by Crippen LogP contribution is 2.18. The van der Waals surface area contributed by atoms with Gasteiger partial charge in [-0.05, 0) is 48.7 Å². The molecule has 0 bridgehead atoms. The van der Waals surface area contributed by atoms with Gasteiger partial charge in [0.1, 0.15) is 29.1 Å². The van der Waals surface area contributed by atoms with E-state index in [9.17, 15) is 22.8 Å². The molecule has 0 aliphatic carbocycles. The zero-order chi connectivity index (χ0) is 19.4. The van der Waals surface area contributed by atoms with Crippen LogP contribution >= 0.6 is 0 Å². The summed E-state index contributed by atoms with van der Waals surface area (Å²) in [5.41, 5.74) is 0.143. The molecule has 1 unspecified atom stereocenters. The van der Waals surface area contributed by atoms with Gasteiger partial charge in [0.05, 0.1) is 0 Å². The van der Waals surface area contributed by atoms with E-state index in [0.29, 0.717) is 11.3 Å². The summed E-state index contributed by atoms with van der Waals surface area (Å²) in [5.74, 6) is -4.41. The lowest BCUT2D eigenvalue weighted by atomic mass is 10.0. The molecule has 0 spiro atoms. The quantitative estimate of drug-likeness (QED) is 0.848. The first-order chi connectivity index (χ1) is 12.2. The van der Waals surface area contributed by atoms with Crippen molar-refractivity contribution < 1.29 is 22.8 Å². The number of benzene rings is 2. The van der Waals surface area contributed by atoms with Crippen LogP contribution in [0.4, 0.5) is 18.9 Å². The number of halogens is 3. The lowest BCUT2D eigenvalue weighted by Crippen LogP contribution is -2.47. The third kappa shape index (κ3) is 4.41. The standard InChI is InChI=1S/C19H19F3N2O2/c1-10(2)17(19(26)23-15-8-7-12(20)9-11(15)3)24-18(25)16-13(21)5-4-6-14(16)22/h4-10,17H,1-3H3,(H,23,26)(H,24,25). The van der Waals surface area contributed by atoms with Gasteiger partial charge in [0.25, 0.3) is 5.91 Å². The van der Waals surface area contributed by atoms with Crippen LogP contribution in [0, 0.1) is 30.3 Å². The van der Waals surface area contributed by atoms with E-state index < -0.39 is 40.9 Å². The van der Waals surface area contributed by atoms with Crippen LogP contribution in [-0.4, -0.2) is 17.9 Å². The van der Waals surface area contributed by atoms with Gasteiger partial charge in [-0.1, -0.05) is 19.9 Å². The van der Waals surface area contributed by atoms with Gasteiger partial charge in [-0.3, -0.25) is 9.59 Å². The summed E-state index contributed by atoms with van der Waals surface area (Å²) >= 11 is 0. The number of carbonyl (C=O) groups is 2. The van der Waals surface area contributed by atoms with Gasteiger partial charge < -0.3 is 10.6 Å². The first-order valence-electron chi connectivity index (χ1n) is 8.02. The molecule has 0 heterocycles. The van der Waals surface area contributed by atoms with Crippen molar-refractivity contribution in [1.29, 1.82) is 0 Å². The summed E-state index contributed by atoms with van der Waals surface area (Å²) in [6.07, 6.45) is 0. The number of amides is 2. The molecule has 0 radical (unpaired) electrons. The SMILES string of the molecule is Cc1cc(F)ccc1NC(=O)C(NC(=O)c1c(F)cccc1F)C(C)C. The minimum Gasteiger partial charge on any atom is -0.340 e. The molecule has 4 nitrogen and oxygen atoms in total. The maximum absolute atomic E-state index is 13.8. The second-order valence-corrected chi connectivity index (χ2v) is 6.24. The van der Waals surface area contributed by atoms with Crippen molar-refractivity contribution in [1.82, 2.24) is 5.32 Å². The first-order valence-corrected chi connectivity index (χ1v) is 8.02. The lowest BCUT2D eigenvalue weighted by molar-refractivity contribution is -0.118. The number of carbonyl (C=O) groups excluding carboxylic acids is 2. The summed E-state index contributed by atoms with van der Waals surface area (Å²) in [5, 5.41) is 4.96. The average molecular weight is 364 g/mol. The molecule has 2 amide bonds. The van der Waals surface area contributed by atoms with Crippen LogP contribution in [0.2, 0.25) is 0 Å². The molecule has 2 aromatic carbocycles. The smallest absolute Gasteiger partial charge is 0.257 e. The van der Waals surface area contributed by atoms with Gasteiger partial charge in [0, 0.05) is 5.69 Å². The fourth-order valence-corrected chi connectivity index (χ4v) is 2.44. The van der Waals surface area contributed by atoms with Crippen molar-refractivity contribution in [2.45, 2.75) is 26.8 Å². The molecule has 0 aliphatic rings. The first kappa shape index (κ1) is 19.5. The molecule has 1 atom stereocenters. The normalized spacial score (nSPS) is 12.0. The minimum atomic E-state index is -1.04. The van der Waals surface area contributed by atoms with Gasteiger partial charge in [-0.25, -0.2) is 13.2 Å². The molecule has 0 saturated heterocycles. The topological polar surface area (TPSA) is 58.2 Å². The molecule has 0 fully saturated rings. The maximum atomic E-state index is 13.8. The van der Waals surface area contributed by atoms with Gasteiger partial charge in [0.15, 0.2) is 0 Å². The predicted octanol–water partition coefficient (Wildman–Crippen LogP) is 3.81. The maximum Gasteiger partial charge on any atom is 0.257 e. The van der Waals surface area contributed by atoms with Gasteiger partial charge in [-0.2, -0.15) is 0 Å². The Kier molecular flexibility index (Phi) is 6.02. The van der Waals surface area contributed by atoms with Gasteiger partial charge in [-0.15, -0.1) is 0 Å². The van der Waals surface area contributed by atoms with Gasteiger partial charge >= 0.3 is 0 Å². The van der Waals surface area contributed by atoms with Crippen molar-refractivity contribution in [3.05, 3.63) is 65.0 Å². The molecule has 138 valence electrons. The van der Waals surface area contributed by atoms with Crippen LogP contribution in [0.15, 0.2) is 36.4 Å². The van der Waals surface area contributed by atoms with Crippen molar-refractivity contribution in [2.24, 2.45) is 5.92 Å². The highest BCUT2D eigenvalue weighted by atomic mass is 19.1. The highest BCUT2D eigenvalue weighted by Gasteiger charge is 2.27. The van der Waals surface area contributed by atoms with Crippen LogP contribution in [-0.2, 0) is 4.79 Å². The summed E-state index contributed by atoms with van der Waals surface area (Å²) in [6.45, 7) is 4.98. The van der Waals surface area contributed by atoms with Crippen LogP contribution < -0.4 is 10.6 Å². The summed E-state index contributed by atoms with van der Waals surface area (Å²) in [7, 11) is 0. The van der Waals surface area contributed by atoms with E-state index in [1.807, 2.05) is 0 Å². The van der Waals surface area contributed by atoms with Crippen LogP contribution in [0.1, 0.15) is 29.8 Å². The Morgan fingerprint density at radius 1 is 1.00 bits per heavy atom. The van der Waals surface area contributed by atoms with E-state index in [1.165, 1.54) is 18.2 Å². The van der Waals surface area contributed by atoms with E-state index in [4.69, 9.17) is 0 Å². The molecular weight excluding hydrogens is 345 g/mol. The Morgan fingerprint density at radius 3 is 2.15 bits per heavy atom. The second-order valence-electron chi connectivity index (χ2n) is 6.24. The fourth-order valence-electron chi connectivity index (χ4n) is 2.44. The van der Waals surface area contributed by atoms with Crippen molar-refractivity contribution >= 4 is 17.5 Å². The largest absolute Gasteiger partial charge is 0.340 e. The monoisotopic (exact) mass is 364 g/mol. The minimum absolute atomic E-state index is 0.352. The Bertz CT molecular complexity index is 817. The summed E-state index contributed by atoms with van der Waals surface area (Å²) in [6, 6.07) is 5.89. The number of anilines is 1. The second kappa shape index (κ2) is 8.03. The number of rotatable bonds is 5. The fraction of sp³-hybridized carbons (Fsp3) is 0.263. The average Bonchev–Trinajstić information content (AvgIpc) is 2.54. The Morgan fingerprint density at radius 2 is 1.62 bits per heavy atom. The zero-order valence-corrected chi connectivity index (χ0v) is 14.6. The van der Waals surface area contributed by atoms with E-state index in [0.717, 1.165) is 18.2 Å². The Hall–Kier alpha value is -2.83. The Balaban J connectivity index is 2.20. The van der Waals surface area contributed by atoms with Crippen LogP contribution in [0.5, 0.6) is 0 Å².